The van der Waals surface area contributed by atoms with Gasteiger partial charge in [0.1, 0.15) is 11.5 Å². The van der Waals surface area contributed by atoms with Crippen LogP contribution in [0.25, 0.3) is 0 Å². The molecule has 0 amide bonds. The van der Waals surface area contributed by atoms with Crippen LogP contribution in [0.15, 0.2) is 30.3 Å². The first-order chi connectivity index (χ1) is 14.4. The van der Waals surface area contributed by atoms with Crippen molar-refractivity contribution in [1.29, 1.82) is 0 Å². The highest BCUT2D eigenvalue weighted by Gasteiger charge is 2.22. The van der Waals surface area contributed by atoms with E-state index in [9.17, 15) is 14.7 Å². The first-order valence-electron chi connectivity index (χ1n) is 9.98. The highest BCUT2D eigenvalue weighted by atomic mass is 16.5. The Balaban J connectivity index is 1.67. The van der Waals surface area contributed by atoms with Crippen LogP contribution >= 0.6 is 0 Å². The molecule has 2 aromatic carbocycles. The number of rotatable bonds is 8. The van der Waals surface area contributed by atoms with Gasteiger partial charge in [-0.2, -0.15) is 0 Å². The molecule has 1 unspecified atom stereocenters. The lowest BCUT2D eigenvalue weighted by atomic mass is 10.0. The number of benzene rings is 2. The van der Waals surface area contributed by atoms with E-state index < -0.39 is 5.97 Å². The van der Waals surface area contributed by atoms with E-state index in [0.29, 0.717) is 60.2 Å². The summed E-state index contributed by atoms with van der Waals surface area (Å²) in [5, 5.41) is 19.4. The Bertz CT molecular complexity index is 935. The van der Waals surface area contributed by atoms with Crippen LogP contribution in [0.4, 0.5) is 0 Å². The van der Waals surface area contributed by atoms with E-state index in [4.69, 9.17) is 19.3 Å². The first-order valence-corrected chi connectivity index (χ1v) is 9.98. The Kier molecular flexibility index (Phi) is 6.82. The molecule has 2 aromatic rings. The smallest absolute Gasteiger partial charge is 0.307 e. The van der Waals surface area contributed by atoms with Crippen molar-refractivity contribution in [3.8, 4) is 23.0 Å². The zero-order chi connectivity index (χ0) is 21.7. The van der Waals surface area contributed by atoms with Gasteiger partial charge in [0, 0.05) is 5.56 Å². The molecule has 0 aromatic heterocycles. The summed E-state index contributed by atoms with van der Waals surface area (Å²) >= 11 is 0. The molecule has 0 fully saturated rings. The number of carboxylic acids is 1. The second-order valence-corrected chi connectivity index (χ2v) is 7.40. The van der Waals surface area contributed by atoms with Crippen LogP contribution in [-0.2, 0) is 17.6 Å². The van der Waals surface area contributed by atoms with Gasteiger partial charge in [-0.15, -0.1) is 0 Å². The van der Waals surface area contributed by atoms with Crippen molar-refractivity contribution in [2.24, 2.45) is 5.92 Å². The van der Waals surface area contributed by atoms with Gasteiger partial charge in [-0.05, 0) is 43.2 Å². The molecule has 0 aliphatic carbocycles. The van der Waals surface area contributed by atoms with Gasteiger partial charge in [0.25, 0.3) is 0 Å². The maximum atomic E-state index is 11.7. The highest BCUT2D eigenvalue weighted by Crippen LogP contribution is 2.34. The third-order valence-electron chi connectivity index (χ3n) is 4.91. The Morgan fingerprint density at radius 3 is 2.53 bits per heavy atom. The van der Waals surface area contributed by atoms with Crippen LogP contribution in [-0.4, -0.2) is 41.8 Å². The molecular formula is C23H26O7. The lowest BCUT2D eigenvalue weighted by molar-refractivity contribution is -0.136. The molecule has 2 N–H and O–H groups in total. The average Bonchev–Trinajstić information content (AvgIpc) is 2.90. The molecule has 7 heteroatoms. The van der Waals surface area contributed by atoms with Crippen molar-refractivity contribution >= 4 is 11.8 Å². The molecular weight excluding hydrogens is 388 g/mol. The molecule has 1 aliphatic heterocycles. The number of ketones is 1. The molecule has 1 aliphatic rings. The van der Waals surface area contributed by atoms with Crippen molar-refractivity contribution in [3.05, 3.63) is 47.0 Å². The van der Waals surface area contributed by atoms with Crippen LogP contribution in [0.1, 0.15) is 41.8 Å². The maximum Gasteiger partial charge on any atom is 0.307 e. The molecule has 1 atom stereocenters. The third-order valence-corrected chi connectivity index (χ3v) is 4.91. The summed E-state index contributed by atoms with van der Waals surface area (Å²) in [6.45, 7) is 4.46. The van der Waals surface area contributed by atoms with E-state index in [1.807, 2.05) is 6.92 Å². The van der Waals surface area contributed by atoms with Crippen LogP contribution in [0.3, 0.4) is 0 Å². The van der Waals surface area contributed by atoms with Crippen molar-refractivity contribution in [2.75, 3.05) is 19.8 Å². The van der Waals surface area contributed by atoms with E-state index in [0.717, 1.165) is 6.42 Å². The SMILES string of the molecule is CCCc1c(OCC2COc3ccc(CC(=O)O)cc3OC2)ccc(C(C)=O)c1O. The van der Waals surface area contributed by atoms with E-state index >= 15 is 0 Å². The summed E-state index contributed by atoms with van der Waals surface area (Å²) in [5.74, 6) is 0.454. The fourth-order valence-corrected chi connectivity index (χ4v) is 3.37. The molecule has 0 radical (unpaired) electrons. The summed E-state index contributed by atoms with van der Waals surface area (Å²) in [4.78, 5) is 22.6. The minimum absolute atomic E-state index is 0.0198. The summed E-state index contributed by atoms with van der Waals surface area (Å²) in [5.41, 5.74) is 1.56. The van der Waals surface area contributed by atoms with Crippen molar-refractivity contribution in [1.82, 2.24) is 0 Å². The quantitative estimate of drug-likeness (QED) is 0.636. The Morgan fingerprint density at radius 2 is 1.87 bits per heavy atom. The minimum atomic E-state index is -0.905. The number of carbonyl (C=O) groups excluding carboxylic acids is 1. The first kappa shape index (κ1) is 21.5. The molecule has 0 saturated heterocycles. The lowest BCUT2D eigenvalue weighted by Crippen LogP contribution is -2.24. The monoisotopic (exact) mass is 414 g/mol. The normalized spacial score (nSPS) is 15.3. The molecule has 1 heterocycles. The number of ether oxygens (including phenoxy) is 3. The van der Waals surface area contributed by atoms with Crippen molar-refractivity contribution in [3.63, 3.8) is 0 Å². The molecule has 0 saturated carbocycles. The van der Waals surface area contributed by atoms with E-state index in [2.05, 4.69) is 0 Å². The zero-order valence-corrected chi connectivity index (χ0v) is 17.1. The van der Waals surface area contributed by atoms with Crippen molar-refractivity contribution in [2.45, 2.75) is 33.1 Å². The largest absolute Gasteiger partial charge is 0.507 e. The molecule has 3 rings (SSSR count). The number of Topliss-reactive ketones (excluding diaryl/α,β-unsaturated/α-hetero) is 1. The van der Waals surface area contributed by atoms with E-state index in [1.54, 1.807) is 30.3 Å². The standard InChI is InChI=1S/C23H26O7/c1-3-4-18-19(8-6-17(14(2)24)23(18)27)28-11-16-12-29-20-7-5-15(10-22(25)26)9-21(20)30-13-16/h5-9,16,27H,3-4,10-13H2,1-2H3,(H,25,26). The van der Waals surface area contributed by atoms with Gasteiger partial charge >= 0.3 is 5.97 Å². The second kappa shape index (κ2) is 9.52. The van der Waals surface area contributed by atoms with Crippen LogP contribution in [0.5, 0.6) is 23.0 Å². The summed E-state index contributed by atoms with van der Waals surface area (Å²) in [6, 6.07) is 8.40. The minimum Gasteiger partial charge on any atom is -0.507 e. The zero-order valence-electron chi connectivity index (χ0n) is 17.1. The molecule has 7 nitrogen and oxygen atoms in total. The van der Waals surface area contributed by atoms with Crippen LogP contribution in [0, 0.1) is 5.92 Å². The highest BCUT2D eigenvalue weighted by molar-refractivity contribution is 5.97. The lowest BCUT2D eigenvalue weighted by Gasteiger charge is -2.18. The fourth-order valence-electron chi connectivity index (χ4n) is 3.37. The summed E-state index contributed by atoms with van der Waals surface area (Å²) < 4.78 is 17.6. The second-order valence-electron chi connectivity index (χ2n) is 7.40. The Labute approximate surface area is 175 Å². The maximum absolute atomic E-state index is 11.7. The number of hydrogen-bond acceptors (Lipinski definition) is 6. The van der Waals surface area contributed by atoms with E-state index in [-0.39, 0.29) is 23.9 Å². The van der Waals surface area contributed by atoms with E-state index in [1.165, 1.54) is 6.92 Å². The number of phenols is 1. The van der Waals surface area contributed by atoms with Gasteiger partial charge in [0.15, 0.2) is 17.3 Å². The molecule has 30 heavy (non-hydrogen) atoms. The Hall–Kier alpha value is -3.22. The topological polar surface area (TPSA) is 102 Å². The van der Waals surface area contributed by atoms with Gasteiger partial charge in [0.2, 0.25) is 0 Å². The van der Waals surface area contributed by atoms with Gasteiger partial charge in [0.05, 0.1) is 37.7 Å². The van der Waals surface area contributed by atoms with Gasteiger partial charge in [-0.1, -0.05) is 19.4 Å². The molecule has 160 valence electrons. The summed E-state index contributed by atoms with van der Waals surface area (Å²) in [6.07, 6.45) is 1.32. The average molecular weight is 414 g/mol. The third kappa shape index (κ3) is 5.03. The molecule has 0 bridgehead atoms. The summed E-state index contributed by atoms with van der Waals surface area (Å²) in [7, 11) is 0. The van der Waals surface area contributed by atoms with Crippen molar-refractivity contribution < 1.29 is 34.0 Å². The number of carboxylic acid groups (broad SMARTS) is 1. The Morgan fingerprint density at radius 1 is 1.13 bits per heavy atom. The van der Waals surface area contributed by atoms with Crippen LogP contribution < -0.4 is 14.2 Å². The molecule has 0 spiro atoms. The van der Waals surface area contributed by atoms with Gasteiger partial charge < -0.3 is 24.4 Å². The predicted molar refractivity (Wildman–Crippen MR) is 110 cm³/mol. The van der Waals surface area contributed by atoms with Gasteiger partial charge in [-0.3, -0.25) is 9.59 Å². The predicted octanol–water partition coefficient (Wildman–Crippen LogP) is 3.64. The van der Waals surface area contributed by atoms with Gasteiger partial charge in [-0.25, -0.2) is 0 Å². The number of aromatic hydroxyl groups is 1. The number of carbonyl (C=O) groups is 2. The number of hydrogen-bond donors (Lipinski definition) is 2. The number of phenolic OH excluding ortho intramolecular Hbond substituents is 1. The number of aliphatic carboxylic acids is 1. The van der Waals surface area contributed by atoms with Crippen LogP contribution in [0.2, 0.25) is 0 Å². The fraction of sp³-hybridized carbons (Fsp3) is 0.391. The number of fused-ring (bicyclic) bond motifs is 1.